The summed E-state index contributed by atoms with van der Waals surface area (Å²) in [6.07, 6.45) is 0. The highest BCUT2D eigenvalue weighted by Gasteiger charge is 2.21. The molecule has 0 aliphatic carbocycles. The topological polar surface area (TPSA) is 75.3 Å². The Balaban J connectivity index is 2.35. The summed E-state index contributed by atoms with van der Waals surface area (Å²) in [6, 6.07) is 5.22. The van der Waals surface area contributed by atoms with Crippen molar-refractivity contribution in [3.05, 3.63) is 39.9 Å². The Hall–Kier alpha value is -1.45. The van der Waals surface area contributed by atoms with E-state index in [-0.39, 0.29) is 15.8 Å². The first kappa shape index (κ1) is 15.9. The lowest BCUT2D eigenvalue weighted by Gasteiger charge is -2.10. The predicted octanol–water partition coefficient (Wildman–Crippen LogP) is 3.41. The molecule has 0 radical (unpaired) electrons. The monoisotopic (exact) mass is 392 g/mol. The zero-order valence-electron chi connectivity index (χ0n) is 10.7. The fraction of sp³-hybridized carbons (Fsp3) is 0.0833. The first-order valence-corrected chi connectivity index (χ1v) is 8.78. The molecule has 2 rings (SSSR count). The van der Waals surface area contributed by atoms with E-state index in [9.17, 15) is 17.6 Å². The molecular formula is C12H10BrFN2O3S2. The summed E-state index contributed by atoms with van der Waals surface area (Å²) in [4.78, 5) is 11.0. The average Bonchev–Trinajstić information content (AvgIpc) is 2.79. The first-order chi connectivity index (χ1) is 9.79. The number of benzene rings is 1. The van der Waals surface area contributed by atoms with Gasteiger partial charge in [-0.1, -0.05) is 0 Å². The van der Waals surface area contributed by atoms with Crippen molar-refractivity contribution in [2.45, 2.75) is 11.1 Å². The predicted molar refractivity (Wildman–Crippen MR) is 83.5 cm³/mol. The van der Waals surface area contributed by atoms with Gasteiger partial charge in [0.1, 0.15) is 5.82 Å². The third kappa shape index (κ3) is 3.80. The summed E-state index contributed by atoms with van der Waals surface area (Å²) in [6.45, 7) is 1.30. The number of sulfonamides is 1. The number of carbonyl (C=O) groups is 1. The van der Waals surface area contributed by atoms with Crippen molar-refractivity contribution >= 4 is 54.6 Å². The lowest BCUT2D eigenvalue weighted by atomic mass is 10.2. The zero-order valence-corrected chi connectivity index (χ0v) is 13.9. The van der Waals surface area contributed by atoms with Gasteiger partial charge in [0.05, 0.1) is 5.69 Å². The molecule has 2 aromatic rings. The summed E-state index contributed by atoms with van der Waals surface area (Å²) < 4.78 is 40.7. The summed E-state index contributed by atoms with van der Waals surface area (Å²) >= 11 is 4.13. The second kappa shape index (κ2) is 6.12. The first-order valence-electron chi connectivity index (χ1n) is 5.62. The van der Waals surface area contributed by atoms with Crippen molar-refractivity contribution in [1.29, 1.82) is 0 Å². The van der Waals surface area contributed by atoms with Crippen LogP contribution in [0.2, 0.25) is 0 Å². The number of rotatable bonds is 4. The Bertz CT molecular complexity index is 790. The van der Waals surface area contributed by atoms with E-state index >= 15 is 0 Å². The maximum atomic E-state index is 13.7. The van der Waals surface area contributed by atoms with Gasteiger partial charge in [-0.2, -0.15) is 0 Å². The molecule has 1 aromatic carbocycles. The third-order valence-electron chi connectivity index (χ3n) is 2.36. The van der Waals surface area contributed by atoms with Crippen LogP contribution in [0.15, 0.2) is 38.3 Å². The van der Waals surface area contributed by atoms with Crippen LogP contribution in [0, 0.1) is 5.82 Å². The quantitative estimate of drug-likeness (QED) is 0.836. The molecule has 2 N–H and O–H groups in total. The van der Waals surface area contributed by atoms with E-state index in [1.807, 2.05) is 0 Å². The molecule has 0 unspecified atom stereocenters. The van der Waals surface area contributed by atoms with Gasteiger partial charge in [0.25, 0.3) is 10.0 Å². The van der Waals surface area contributed by atoms with E-state index in [0.717, 1.165) is 17.4 Å². The van der Waals surface area contributed by atoms with Gasteiger partial charge in [0.2, 0.25) is 5.91 Å². The van der Waals surface area contributed by atoms with Gasteiger partial charge >= 0.3 is 0 Å². The minimum absolute atomic E-state index is 0.0480. The minimum atomic E-state index is -3.90. The highest BCUT2D eigenvalue weighted by Crippen LogP contribution is 2.30. The molecule has 1 amide bonds. The van der Waals surface area contributed by atoms with Crippen molar-refractivity contribution in [3.8, 4) is 0 Å². The lowest BCUT2D eigenvalue weighted by molar-refractivity contribution is -0.114. The molecule has 0 atom stereocenters. The fourth-order valence-electron chi connectivity index (χ4n) is 1.55. The van der Waals surface area contributed by atoms with Crippen LogP contribution in [0.4, 0.5) is 15.8 Å². The summed E-state index contributed by atoms with van der Waals surface area (Å²) in [5.74, 6) is -1.07. The molecular weight excluding hydrogens is 383 g/mol. The van der Waals surface area contributed by atoms with Crippen molar-refractivity contribution < 1.29 is 17.6 Å². The molecule has 1 heterocycles. The SMILES string of the molecule is CC(=O)Nc1ccc(F)c(NS(=O)(=O)c2sccc2Br)c1. The molecule has 0 fully saturated rings. The van der Waals surface area contributed by atoms with Crippen molar-refractivity contribution in [2.75, 3.05) is 10.0 Å². The number of amides is 1. The Labute approximate surface area is 133 Å². The summed E-state index contributed by atoms with van der Waals surface area (Å²) in [7, 11) is -3.90. The summed E-state index contributed by atoms with van der Waals surface area (Å²) in [5.41, 5.74) is 0.0633. The van der Waals surface area contributed by atoms with Gasteiger partial charge < -0.3 is 5.32 Å². The largest absolute Gasteiger partial charge is 0.326 e. The van der Waals surface area contributed by atoms with E-state index < -0.39 is 15.8 Å². The smallest absolute Gasteiger partial charge is 0.272 e. The lowest BCUT2D eigenvalue weighted by Crippen LogP contribution is -2.14. The standard InChI is InChI=1S/C12H10BrFN2O3S2/c1-7(17)15-8-2-3-10(14)11(6-8)16-21(18,19)12-9(13)4-5-20-12/h2-6,16H,1H3,(H,15,17). The maximum Gasteiger partial charge on any atom is 0.272 e. The Morgan fingerprint density at radius 1 is 1.33 bits per heavy atom. The number of hydrogen-bond donors (Lipinski definition) is 2. The Morgan fingerprint density at radius 3 is 2.62 bits per heavy atom. The molecule has 0 aliphatic rings. The minimum Gasteiger partial charge on any atom is -0.326 e. The number of thiophene rings is 1. The van der Waals surface area contributed by atoms with Gasteiger partial charge in [0, 0.05) is 17.1 Å². The Kier molecular flexibility index (Phi) is 4.64. The third-order valence-corrected chi connectivity index (χ3v) is 6.40. The molecule has 9 heteroatoms. The zero-order chi connectivity index (χ0) is 15.6. The van der Waals surface area contributed by atoms with Crippen molar-refractivity contribution in [3.63, 3.8) is 0 Å². The number of halogens is 2. The van der Waals surface area contributed by atoms with Gasteiger partial charge in [-0.05, 0) is 45.6 Å². The van der Waals surface area contributed by atoms with Crippen molar-refractivity contribution in [1.82, 2.24) is 0 Å². The van der Waals surface area contributed by atoms with E-state index in [1.165, 1.54) is 19.1 Å². The van der Waals surface area contributed by atoms with Gasteiger partial charge in [0.15, 0.2) is 4.21 Å². The maximum absolute atomic E-state index is 13.7. The van der Waals surface area contributed by atoms with E-state index in [4.69, 9.17) is 0 Å². The molecule has 5 nitrogen and oxygen atoms in total. The molecule has 0 saturated carbocycles. The molecule has 0 aliphatic heterocycles. The molecule has 21 heavy (non-hydrogen) atoms. The van der Waals surface area contributed by atoms with Crippen LogP contribution in [0.5, 0.6) is 0 Å². The summed E-state index contributed by atoms with van der Waals surface area (Å²) in [5, 5.41) is 4.06. The van der Waals surface area contributed by atoms with Gasteiger partial charge in [-0.3, -0.25) is 9.52 Å². The van der Waals surface area contributed by atoms with E-state index in [1.54, 1.807) is 11.4 Å². The van der Waals surface area contributed by atoms with Crippen LogP contribution < -0.4 is 10.0 Å². The van der Waals surface area contributed by atoms with Crippen LogP contribution in [-0.2, 0) is 14.8 Å². The fourth-order valence-corrected chi connectivity index (χ4v) is 4.94. The number of nitrogens with one attached hydrogen (secondary N) is 2. The molecule has 1 aromatic heterocycles. The van der Waals surface area contributed by atoms with Crippen molar-refractivity contribution in [2.24, 2.45) is 0 Å². The van der Waals surface area contributed by atoms with E-state index in [0.29, 0.717) is 10.2 Å². The van der Waals surface area contributed by atoms with Crippen LogP contribution in [0.25, 0.3) is 0 Å². The molecule has 0 bridgehead atoms. The van der Waals surface area contributed by atoms with Crippen LogP contribution in [0.3, 0.4) is 0 Å². The van der Waals surface area contributed by atoms with Gasteiger partial charge in [-0.15, -0.1) is 11.3 Å². The molecule has 0 saturated heterocycles. The van der Waals surface area contributed by atoms with Gasteiger partial charge in [-0.25, -0.2) is 12.8 Å². The van der Waals surface area contributed by atoms with Crippen LogP contribution in [0.1, 0.15) is 6.92 Å². The van der Waals surface area contributed by atoms with E-state index in [2.05, 4.69) is 26.0 Å². The molecule has 0 spiro atoms. The average molecular weight is 393 g/mol. The highest BCUT2D eigenvalue weighted by atomic mass is 79.9. The van der Waals surface area contributed by atoms with Crippen LogP contribution >= 0.6 is 27.3 Å². The van der Waals surface area contributed by atoms with Crippen LogP contribution in [-0.4, -0.2) is 14.3 Å². The number of anilines is 2. The molecule has 112 valence electrons. The normalized spacial score (nSPS) is 11.2. The Morgan fingerprint density at radius 2 is 2.05 bits per heavy atom. The number of carbonyl (C=O) groups excluding carboxylic acids is 1. The second-order valence-electron chi connectivity index (χ2n) is 4.04. The highest BCUT2D eigenvalue weighted by molar-refractivity contribution is 9.10. The number of hydrogen-bond acceptors (Lipinski definition) is 4. The second-order valence-corrected chi connectivity index (χ2v) is 7.69.